The van der Waals surface area contributed by atoms with Crippen molar-refractivity contribution in [2.75, 3.05) is 31.1 Å². The third-order valence-corrected chi connectivity index (χ3v) is 5.92. The van der Waals surface area contributed by atoms with Crippen molar-refractivity contribution in [1.29, 1.82) is 0 Å². The molecule has 4 aliphatic rings. The van der Waals surface area contributed by atoms with Gasteiger partial charge in [0.25, 0.3) is 6.43 Å². The number of rotatable bonds is 4. The van der Waals surface area contributed by atoms with Crippen LogP contribution in [0.25, 0.3) is 11.2 Å². The Balaban J connectivity index is 1.33. The molecule has 0 unspecified atom stereocenters. The van der Waals surface area contributed by atoms with E-state index in [-0.39, 0.29) is 0 Å². The van der Waals surface area contributed by atoms with E-state index in [2.05, 4.69) is 24.9 Å². The highest BCUT2D eigenvalue weighted by Gasteiger charge is 2.59. The van der Waals surface area contributed by atoms with Crippen LogP contribution >= 0.6 is 0 Å². The highest BCUT2D eigenvalue weighted by atomic mass is 19.3. The molecule has 3 aliphatic carbocycles. The number of hydrogen-bond acceptors (Lipinski definition) is 5. The molecule has 128 valence electrons. The molecule has 0 radical (unpaired) electrons. The van der Waals surface area contributed by atoms with Crippen LogP contribution in [0.15, 0.2) is 12.4 Å². The summed E-state index contributed by atoms with van der Waals surface area (Å²) in [5.41, 5.74) is 1.52. The van der Waals surface area contributed by atoms with E-state index in [1.165, 1.54) is 30.1 Å². The van der Waals surface area contributed by atoms with Crippen LogP contribution in [-0.4, -0.2) is 62.8 Å². The SMILES string of the molecule is FC(F)Cn1ncc2ncc(N3CCN(C45CC(C4)C5)CC3)nc21. The van der Waals surface area contributed by atoms with Crippen molar-refractivity contribution >= 4 is 17.0 Å². The molecule has 0 amide bonds. The van der Waals surface area contributed by atoms with Gasteiger partial charge < -0.3 is 4.90 Å². The minimum atomic E-state index is -2.45. The van der Waals surface area contributed by atoms with Gasteiger partial charge in [-0.1, -0.05) is 0 Å². The second-order valence-corrected chi connectivity index (χ2v) is 7.33. The molecule has 0 atom stereocenters. The fourth-order valence-electron chi connectivity index (χ4n) is 4.49. The van der Waals surface area contributed by atoms with Gasteiger partial charge in [0.15, 0.2) is 5.65 Å². The summed E-state index contributed by atoms with van der Waals surface area (Å²) in [5, 5.41) is 3.97. The standard InChI is InChI=1S/C16H20F2N6/c17-13(18)10-24-15-12(8-20-24)19-9-14(21-15)22-1-3-23(4-2-22)16-5-11(6-16)7-16/h8-9,11,13H,1-7,10H2. The third kappa shape index (κ3) is 2.12. The maximum atomic E-state index is 12.7. The lowest BCUT2D eigenvalue weighted by atomic mass is 9.49. The Kier molecular flexibility index (Phi) is 3.07. The van der Waals surface area contributed by atoms with Crippen molar-refractivity contribution in [1.82, 2.24) is 24.6 Å². The quantitative estimate of drug-likeness (QED) is 0.853. The van der Waals surface area contributed by atoms with Crippen LogP contribution in [0.3, 0.4) is 0 Å². The number of nitrogens with zero attached hydrogens (tertiary/aromatic N) is 6. The molecule has 3 heterocycles. The lowest BCUT2D eigenvalue weighted by Gasteiger charge is -2.67. The van der Waals surface area contributed by atoms with Crippen molar-refractivity contribution in [2.45, 2.75) is 37.8 Å². The van der Waals surface area contributed by atoms with E-state index < -0.39 is 13.0 Å². The Labute approximate surface area is 138 Å². The van der Waals surface area contributed by atoms with Crippen LogP contribution in [0.2, 0.25) is 0 Å². The lowest BCUT2D eigenvalue weighted by Crippen LogP contribution is -2.71. The molecule has 6 nitrogen and oxygen atoms in total. The lowest BCUT2D eigenvalue weighted by molar-refractivity contribution is -0.145. The molecule has 0 aromatic carbocycles. The molecule has 24 heavy (non-hydrogen) atoms. The van der Waals surface area contributed by atoms with E-state index in [0.29, 0.717) is 16.7 Å². The molecule has 2 aromatic rings. The number of aromatic nitrogens is 4. The number of halogens is 2. The Morgan fingerprint density at radius 2 is 1.88 bits per heavy atom. The summed E-state index contributed by atoms with van der Waals surface area (Å²) in [6.07, 6.45) is 4.92. The molecule has 2 bridgehead atoms. The first kappa shape index (κ1) is 14.5. The molecular weight excluding hydrogens is 314 g/mol. The summed E-state index contributed by atoms with van der Waals surface area (Å²) >= 11 is 0. The van der Waals surface area contributed by atoms with Crippen LogP contribution in [0, 0.1) is 5.92 Å². The monoisotopic (exact) mass is 334 g/mol. The fourth-order valence-corrected chi connectivity index (χ4v) is 4.49. The zero-order chi connectivity index (χ0) is 16.3. The summed E-state index contributed by atoms with van der Waals surface area (Å²) in [7, 11) is 0. The van der Waals surface area contributed by atoms with Crippen molar-refractivity contribution in [3.63, 3.8) is 0 Å². The van der Waals surface area contributed by atoms with E-state index in [1.54, 1.807) is 6.20 Å². The Hall–Kier alpha value is -1.83. The zero-order valence-electron chi connectivity index (χ0n) is 13.4. The van der Waals surface area contributed by atoms with Gasteiger partial charge in [0, 0.05) is 31.7 Å². The maximum Gasteiger partial charge on any atom is 0.258 e. The summed E-state index contributed by atoms with van der Waals surface area (Å²) in [4.78, 5) is 13.7. The Morgan fingerprint density at radius 3 is 2.50 bits per heavy atom. The zero-order valence-corrected chi connectivity index (χ0v) is 13.4. The van der Waals surface area contributed by atoms with E-state index in [0.717, 1.165) is 37.9 Å². The van der Waals surface area contributed by atoms with E-state index in [4.69, 9.17) is 0 Å². The van der Waals surface area contributed by atoms with Gasteiger partial charge in [-0.3, -0.25) is 4.90 Å². The molecule has 4 fully saturated rings. The molecule has 6 rings (SSSR count). The van der Waals surface area contributed by atoms with Gasteiger partial charge in [-0.2, -0.15) is 5.10 Å². The summed E-state index contributed by atoms with van der Waals surface area (Å²) in [6, 6.07) is 0. The summed E-state index contributed by atoms with van der Waals surface area (Å²) < 4.78 is 26.6. The summed E-state index contributed by atoms with van der Waals surface area (Å²) in [6.45, 7) is 3.47. The first-order valence-corrected chi connectivity index (χ1v) is 8.60. The molecule has 1 saturated heterocycles. The minimum absolute atomic E-state index is 0.439. The van der Waals surface area contributed by atoms with Gasteiger partial charge in [-0.05, 0) is 25.2 Å². The van der Waals surface area contributed by atoms with Crippen molar-refractivity contribution < 1.29 is 8.78 Å². The molecule has 2 aromatic heterocycles. The number of anilines is 1. The summed E-state index contributed by atoms with van der Waals surface area (Å²) in [5.74, 6) is 1.75. The second-order valence-electron chi connectivity index (χ2n) is 7.33. The molecular formula is C16H20F2N6. The molecule has 3 saturated carbocycles. The smallest absolute Gasteiger partial charge is 0.258 e. The van der Waals surface area contributed by atoms with Gasteiger partial charge in [-0.15, -0.1) is 0 Å². The van der Waals surface area contributed by atoms with Crippen LogP contribution in [0.5, 0.6) is 0 Å². The van der Waals surface area contributed by atoms with Crippen LogP contribution in [0.4, 0.5) is 14.6 Å². The molecule has 0 spiro atoms. The number of fused-ring (bicyclic) bond motifs is 1. The van der Waals surface area contributed by atoms with Crippen LogP contribution in [-0.2, 0) is 6.54 Å². The normalized spacial score (nSPS) is 29.8. The van der Waals surface area contributed by atoms with Crippen LogP contribution in [0.1, 0.15) is 19.3 Å². The first-order chi connectivity index (χ1) is 11.6. The predicted molar refractivity (Wildman–Crippen MR) is 85.2 cm³/mol. The fraction of sp³-hybridized carbons (Fsp3) is 0.688. The highest BCUT2D eigenvalue weighted by molar-refractivity contribution is 5.71. The van der Waals surface area contributed by atoms with Gasteiger partial charge in [0.2, 0.25) is 0 Å². The average Bonchev–Trinajstić information content (AvgIpc) is 2.87. The number of piperazine rings is 1. The first-order valence-electron chi connectivity index (χ1n) is 8.60. The van der Waals surface area contributed by atoms with E-state index in [1.807, 2.05) is 0 Å². The predicted octanol–water partition coefficient (Wildman–Crippen LogP) is 1.77. The maximum absolute atomic E-state index is 12.7. The largest absolute Gasteiger partial charge is 0.353 e. The molecule has 8 heteroatoms. The topological polar surface area (TPSA) is 50.1 Å². The van der Waals surface area contributed by atoms with Gasteiger partial charge in [-0.25, -0.2) is 23.4 Å². The second kappa shape index (κ2) is 5.08. The van der Waals surface area contributed by atoms with Gasteiger partial charge in [0.05, 0.1) is 12.4 Å². The van der Waals surface area contributed by atoms with Crippen LogP contribution < -0.4 is 4.90 Å². The Bertz CT molecular complexity index is 750. The van der Waals surface area contributed by atoms with Gasteiger partial charge >= 0.3 is 0 Å². The third-order valence-electron chi connectivity index (χ3n) is 5.92. The highest BCUT2D eigenvalue weighted by Crippen LogP contribution is 2.60. The molecule has 0 N–H and O–H groups in total. The van der Waals surface area contributed by atoms with Crippen molar-refractivity contribution in [2.24, 2.45) is 5.92 Å². The van der Waals surface area contributed by atoms with Crippen molar-refractivity contribution in [3.05, 3.63) is 12.4 Å². The van der Waals surface area contributed by atoms with Crippen molar-refractivity contribution in [3.8, 4) is 0 Å². The average molecular weight is 334 g/mol. The van der Waals surface area contributed by atoms with E-state index in [9.17, 15) is 8.78 Å². The number of hydrogen-bond donors (Lipinski definition) is 0. The van der Waals surface area contributed by atoms with E-state index >= 15 is 0 Å². The minimum Gasteiger partial charge on any atom is -0.353 e. The molecule has 1 aliphatic heterocycles. The Morgan fingerprint density at radius 1 is 1.12 bits per heavy atom. The number of alkyl halides is 2. The van der Waals surface area contributed by atoms with Gasteiger partial charge in [0.1, 0.15) is 17.9 Å².